The summed E-state index contributed by atoms with van der Waals surface area (Å²) >= 11 is 0. The minimum absolute atomic E-state index is 0.000147. The largest absolute Gasteiger partial charge is 0.490 e. The Hall–Kier alpha value is -2.05. The summed E-state index contributed by atoms with van der Waals surface area (Å²) in [5, 5.41) is 6.10. The number of aromatic nitrogens is 2. The fourth-order valence-corrected chi connectivity index (χ4v) is 2.43. The van der Waals surface area contributed by atoms with Crippen molar-refractivity contribution in [3.8, 4) is 5.75 Å². The number of ether oxygens (including phenoxy) is 1. The standard InChI is InChI=1S/C13H21N5O2/c1-4-14-12-11(20-3)13(16-8-15-12)18-6-5-10(7-18)17-9(2)19/h8,10H,4-7H2,1-3H3,(H,17,19)(H,14,15,16). The molecule has 0 spiro atoms. The topological polar surface area (TPSA) is 79.4 Å². The van der Waals surface area contributed by atoms with E-state index in [1.807, 2.05) is 6.92 Å². The van der Waals surface area contributed by atoms with Crippen molar-refractivity contribution >= 4 is 17.5 Å². The third-order valence-corrected chi connectivity index (χ3v) is 3.23. The van der Waals surface area contributed by atoms with Crippen LogP contribution in [0.2, 0.25) is 0 Å². The normalized spacial score (nSPS) is 17.9. The third-order valence-electron chi connectivity index (χ3n) is 3.23. The van der Waals surface area contributed by atoms with E-state index in [-0.39, 0.29) is 11.9 Å². The fourth-order valence-electron chi connectivity index (χ4n) is 2.43. The molecular formula is C13H21N5O2. The van der Waals surface area contributed by atoms with E-state index in [4.69, 9.17) is 4.74 Å². The van der Waals surface area contributed by atoms with Gasteiger partial charge < -0.3 is 20.3 Å². The summed E-state index contributed by atoms with van der Waals surface area (Å²) in [7, 11) is 1.62. The highest BCUT2D eigenvalue weighted by Gasteiger charge is 2.27. The van der Waals surface area contributed by atoms with Gasteiger partial charge in [0, 0.05) is 32.6 Å². The van der Waals surface area contributed by atoms with Gasteiger partial charge in [0.2, 0.25) is 11.7 Å². The van der Waals surface area contributed by atoms with Gasteiger partial charge >= 0.3 is 0 Å². The SMILES string of the molecule is CCNc1ncnc(N2CCC(NC(C)=O)C2)c1OC. The van der Waals surface area contributed by atoms with E-state index in [0.717, 1.165) is 31.9 Å². The minimum Gasteiger partial charge on any atom is -0.490 e. The van der Waals surface area contributed by atoms with Crippen molar-refractivity contribution in [1.82, 2.24) is 15.3 Å². The zero-order valence-corrected chi connectivity index (χ0v) is 12.1. The Kier molecular flexibility index (Phi) is 4.60. The maximum absolute atomic E-state index is 11.1. The Labute approximate surface area is 118 Å². The Morgan fingerprint density at radius 1 is 1.55 bits per heavy atom. The fraction of sp³-hybridized carbons (Fsp3) is 0.615. The molecule has 2 heterocycles. The molecule has 1 aliphatic heterocycles. The summed E-state index contributed by atoms with van der Waals surface area (Å²) in [6, 6.07) is 0.162. The molecule has 0 aliphatic carbocycles. The summed E-state index contributed by atoms with van der Waals surface area (Å²) in [4.78, 5) is 21.7. The van der Waals surface area contributed by atoms with Gasteiger partial charge in [-0.15, -0.1) is 0 Å². The highest BCUT2D eigenvalue weighted by Crippen LogP contribution is 2.33. The van der Waals surface area contributed by atoms with E-state index in [9.17, 15) is 4.79 Å². The molecule has 7 heteroatoms. The van der Waals surface area contributed by atoms with E-state index in [1.54, 1.807) is 7.11 Å². The molecule has 1 aromatic rings. The average molecular weight is 279 g/mol. The predicted molar refractivity (Wildman–Crippen MR) is 77.2 cm³/mol. The second kappa shape index (κ2) is 6.40. The van der Waals surface area contributed by atoms with Crippen LogP contribution >= 0.6 is 0 Å². The van der Waals surface area contributed by atoms with Crippen LogP contribution in [0.3, 0.4) is 0 Å². The van der Waals surface area contributed by atoms with Gasteiger partial charge in [-0.3, -0.25) is 4.79 Å². The first-order chi connectivity index (χ1) is 9.65. The highest BCUT2D eigenvalue weighted by atomic mass is 16.5. The molecular weight excluding hydrogens is 258 g/mol. The number of rotatable bonds is 5. The second-order valence-electron chi connectivity index (χ2n) is 4.74. The zero-order chi connectivity index (χ0) is 14.5. The van der Waals surface area contributed by atoms with Crippen molar-refractivity contribution in [3.63, 3.8) is 0 Å². The van der Waals surface area contributed by atoms with Gasteiger partial charge in [-0.1, -0.05) is 0 Å². The molecule has 1 aromatic heterocycles. The van der Waals surface area contributed by atoms with E-state index >= 15 is 0 Å². The quantitative estimate of drug-likeness (QED) is 0.823. The maximum atomic E-state index is 11.1. The molecule has 2 N–H and O–H groups in total. The van der Waals surface area contributed by atoms with Crippen molar-refractivity contribution < 1.29 is 9.53 Å². The van der Waals surface area contributed by atoms with Crippen molar-refractivity contribution in [3.05, 3.63) is 6.33 Å². The van der Waals surface area contributed by atoms with Crippen LogP contribution in [0.1, 0.15) is 20.3 Å². The highest BCUT2D eigenvalue weighted by molar-refractivity contribution is 5.73. The molecule has 0 saturated carbocycles. The number of carbonyl (C=O) groups excluding carboxylic acids is 1. The van der Waals surface area contributed by atoms with Crippen LogP contribution in [0.25, 0.3) is 0 Å². The van der Waals surface area contributed by atoms with E-state index < -0.39 is 0 Å². The molecule has 7 nitrogen and oxygen atoms in total. The molecule has 0 bridgehead atoms. The van der Waals surface area contributed by atoms with Gasteiger partial charge in [0.25, 0.3) is 0 Å². The first-order valence-electron chi connectivity index (χ1n) is 6.80. The zero-order valence-electron chi connectivity index (χ0n) is 12.1. The van der Waals surface area contributed by atoms with Gasteiger partial charge in [-0.2, -0.15) is 0 Å². The maximum Gasteiger partial charge on any atom is 0.217 e. The lowest BCUT2D eigenvalue weighted by molar-refractivity contribution is -0.119. The molecule has 1 aliphatic rings. The average Bonchev–Trinajstić information content (AvgIpc) is 2.86. The van der Waals surface area contributed by atoms with Crippen LogP contribution in [0.4, 0.5) is 11.6 Å². The number of nitrogens with zero attached hydrogens (tertiary/aromatic N) is 3. The molecule has 110 valence electrons. The molecule has 20 heavy (non-hydrogen) atoms. The first-order valence-corrected chi connectivity index (χ1v) is 6.80. The molecule has 1 fully saturated rings. The monoisotopic (exact) mass is 279 g/mol. The van der Waals surface area contributed by atoms with Crippen molar-refractivity contribution in [2.24, 2.45) is 0 Å². The summed E-state index contributed by atoms with van der Waals surface area (Å²) < 4.78 is 5.44. The molecule has 0 aromatic carbocycles. The number of methoxy groups -OCH3 is 1. The smallest absolute Gasteiger partial charge is 0.217 e. The second-order valence-corrected chi connectivity index (χ2v) is 4.74. The van der Waals surface area contributed by atoms with Crippen LogP contribution in [0, 0.1) is 0 Å². The molecule has 1 unspecified atom stereocenters. The Morgan fingerprint density at radius 3 is 3.00 bits per heavy atom. The van der Waals surface area contributed by atoms with Crippen LogP contribution in [0.15, 0.2) is 6.33 Å². The van der Waals surface area contributed by atoms with Gasteiger partial charge in [0.05, 0.1) is 7.11 Å². The lowest BCUT2D eigenvalue weighted by atomic mass is 10.2. The summed E-state index contributed by atoms with van der Waals surface area (Å²) in [5.74, 6) is 2.12. The van der Waals surface area contributed by atoms with Gasteiger partial charge in [-0.25, -0.2) is 9.97 Å². The summed E-state index contributed by atoms with van der Waals surface area (Å²) in [5.41, 5.74) is 0. The van der Waals surface area contributed by atoms with Crippen molar-refractivity contribution in [2.75, 3.05) is 37.0 Å². The van der Waals surface area contributed by atoms with Crippen LogP contribution in [0.5, 0.6) is 5.75 Å². The lowest BCUT2D eigenvalue weighted by Crippen LogP contribution is -2.35. The predicted octanol–water partition coefficient (Wildman–Crippen LogP) is 0.632. The molecule has 2 rings (SSSR count). The Balaban J connectivity index is 2.17. The lowest BCUT2D eigenvalue weighted by Gasteiger charge is -2.21. The van der Waals surface area contributed by atoms with Crippen molar-refractivity contribution in [1.29, 1.82) is 0 Å². The molecule has 0 radical (unpaired) electrons. The minimum atomic E-state index is -0.000147. The first kappa shape index (κ1) is 14.4. The summed E-state index contributed by atoms with van der Waals surface area (Å²) in [6.07, 6.45) is 2.44. The molecule has 1 atom stereocenters. The number of amides is 1. The van der Waals surface area contributed by atoms with Gasteiger partial charge in [-0.05, 0) is 13.3 Å². The van der Waals surface area contributed by atoms with Gasteiger partial charge in [0.1, 0.15) is 6.33 Å². The Morgan fingerprint density at radius 2 is 2.35 bits per heavy atom. The summed E-state index contributed by atoms with van der Waals surface area (Å²) in [6.45, 7) is 5.88. The van der Waals surface area contributed by atoms with Crippen LogP contribution < -0.4 is 20.3 Å². The van der Waals surface area contributed by atoms with Gasteiger partial charge in [0.15, 0.2) is 11.6 Å². The van der Waals surface area contributed by atoms with E-state index in [1.165, 1.54) is 13.3 Å². The Bertz CT molecular complexity index is 480. The number of anilines is 2. The number of carbonyl (C=O) groups is 1. The number of nitrogens with one attached hydrogen (secondary N) is 2. The van der Waals surface area contributed by atoms with Crippen molar-refractivity contribution in [2.45, 2.75) is 26.3 Å². The molecule has 1 amide bonds. The van der Waals surface area contributed by atoms with E-state index in [0.29, 0.717) is 11.6 Å². The molecule has 1 saturated heterocycles. The van der Waals surface area contributed by atoms with Crippen LogP contribution in [-0.4, -0.2) is 48.7 Å². The van der Waals surface area contributed by atoms with Crippen LogP contribution in [-0.2, 0) is 4.79 Å². The number of hydrogen-bond acceptors (Lipinski definition) is 6. The third kappa shape index (κ3) is 3.09. The number of hydrogen-bond donors (Lipinski definition) is 2. The van der Waals surface area contributed by atoms with E-state index in [2.05, 4.69) is 25.5 Å².